The molecule has 1 aliphatic heterocycles. The highest BCUT2D eigenvalue weighted by molar-refractivity contribution is 7.91. The van der Waals surface area contributed by atoms with E-state index in [2.05, 4.69) is 0 Å². The summed E-state index contributed by atoms with van der Waals surface area (Å²) in [6.45, 7) is -0.0344. The highest BCUT2D eigenvalue weighted by atomic mass is 32.2. The molecule has 0 radical (unpaired) electrons. The Morgan fingerprint density at radius 3 is 2.30 bits per heavy atom. The molecule has 1 N–H and O–H groups in total. The summed E-state index contributed by atoms with van der Waals surface area (Å²) in [7, 11) is -3.04. The maximum absolute atomic E-state index is 12.5. The molecule has 1 saturated heterocycles. The fourth-order valence-corrected chi connectivity index (χ4v) is 4.23. The first kappa shape index (κ1) is 17.5. The van der Waals surface area contributed by atoms with E-state index >= 15 is 0 Å². The Hall–Kier alpha value is -1.89. The third-order valence-electron chi connectivity index (χ3n) is 4.05. The highest BCUT2D eigenvalue weighted by Crippen LogP contribution is 2.21. The van der Waals surface area contributed by atoms with Gasteiger partial charge in [0.2, 0.25) is 5.91 Å². The number of nitrogens with zero attached hydrogens (tertiary/aromatic N) is 1. The van der Waals surface area contributed by atoms with Crippen LogP contribution in [0.15, 0.2) is 30.3 Å². The Morgan fingerprint density at radius 1 is 1.13 bits per heavy atom. The molecule has 6 nitrogen and oxygen atoms in total. The molecule has 0 unspecified atom stereocenters. The summed E-state index contributed by atoms with van der Waals surface area (Å²) in [6.07, 6.45) is 1.14. The van der Waals surface area contributed by atoms with Crippen molar-refractivity contribution in [1.29, 1.82) is 0 Å². The van der Waals surface area contributed by atoms with Gasteiger partial charge in [-0.2, -0.15) is 0 Å². The van der Waals surface area contributed by atoms with Crippen molar-refractivity contribution < 1.29 is 23.1 Å². The molecule has 23 heavy (non-hydrogen) atoms. The minimum absolute atomic E-state index is 0.00298. The van der Waals surface area contributed by atoms with Crippen LogP contribution in [0.25, 0.3) is 0 Å². The zero-order valence-electron chi connectivity index (χ0n) is 12.8. The van der Waals surface area contributed by atoms with Gasteiger partial charge in [-0.15, -0.1) is 0 Å². The number of hydrogen-bond donors (Lipinski definition) is 1. The van der Waals surface area contributed by atoms with E-state index in [1.54, 1.807) is 0 Å². The van der Waals surface area contributed by atoms with Crippen molar-refractivity contribution in [2.75, 3.05) is 24.6 Å². The van der Waals surface area contributed by atoms with E-state index in [1.807, 2.05) is 30.3 Å². The molecule has 1 aliphatic rings. The van der Waals surface area contributed by atoms with Crippen molar-refractivity contribution in [3.05, 3.63) is 35.9 Å². The standard InChI is InChI=1S/C16H21NO5S/c18-15(19)12-17(9-6-13-4-2-1-3-5-13)16(20)14-7-10-23(21,22)11-8-14/h1-5,14H,6-12H2,(H,18,19). The minimum Gasteiger partial charge on any atom is -0.480 e. The van der Waals surface area contributed by atoms with E-state index in [0.717, 1.165) is 5.56 Å². The number of rotatable bonds is 6. The van der Waals surface area contributed by atoms with Crippen LogP contribution in [-0.4, -0.2) is 54.9 Å². The fourth-order valence-electron chi connectivity index (χ4n) is 2.73. The molecule has 126 valence electrons. The first-order chi connectivity index (χ1) is 10.9. The molecule has 0 saturated carbocycles. The van der Waals surface area contributed by atoms with Crippen LogP contribution in [0.1, 0.15) is 18.4 Å². The second-order valence-electron chi connectivity index (χ2n) is 5.82. The van der Waals surface area contributed by atoms with Crippen LogP contribution < -0.4 is 0 Å². The van der Waals surface area contributed by atoms with Gasteiger partial charge >= 0.3 is 5.97 Å². The monoisotopic (exact) mass is 339 g/mol. The van der Waals surface area contributed by atoms with E-state index in [0.29, 0.717) is 13.0 Å². The molecule has 1 amide bonds. The Labute approximate surface area is 136 Å². The van der Waals surface area contributed by atoms with Gasteiger partial charge in [0.25, 0.3) is 0 Å². The third-order valence-corrected chi connectivity index (χ3v) is 5.77. The van der Waals surface area contributed by atoms with Gasteiger partial charge in [-0.3, -0.25) is 9.59 Å². The molecular formula is C16H21NO5S. The van der Waals surface area contributed by atoms with Crippen molar-refractivity contribution in [3.63, 3.8) is 0 Å². The summed E-state index contributed by atoms with van der Waals surface area (Å²) in [5.41, 5.74) is 1.03. The lowest BCUT2D eigenvalue weighted by atomic mass is 10.0. The summed E-state index contributed by atoms with van der Waals surface area (Å²) in [5, 5.41) is 9.02. The van der Waals surface area contributed by atoms with Crippen LogP contribution in [0.4, 0.5) is 0 Å². The van der Waals surface area contributed by atoms with Crippen LogP contribution in [0.5, 0.6) is 0 Å². The second-order valence-corrected chi connectivity index (χ2v) is 8.12. The van der Waals surface area contributed by atoms with Gasteiger partial charge in [-0.1, -0.05) is 30.3 Å². The number of amides is 1. The topological polar surface area (TPSA) is 91.8 Å². The van der Waals surface area contributed by atoms with Crippen LogP contribution >= 0.6 is 0 Å². The quantitative estimate of drug-likeness (QED) is 0.834. The number of carboxylic acids is 1. The molecule has 7 heteroatoms. The predicted molar refractivity (Wildman–Crippen MR) is 85.7 cm³/mol. The predicted octanol–water partition coefficient (Wildman–Crippen LogP) is 0.967. The van der Waals surface area contributed by atoms with Gasteiger partial charge < -0.3 is 10.0 Å². The van der Waals surface area contributed by atoms with Gasteiger partial charge in [0.15, 0.2) is 0 Å². The van der Waals surface area contributed by atoms with Crippen molar-refractivity contribution in [2.24, 2.45) is 5.92 Å². The van der Waals surface area contributed by atoms with Crippen LogP contribution in [-0.2, 0) is 25.8 Å². The van der Waals surface area contributed by atoms with E-state index < -0.39 is 21.7 Å². The van der Waals surface area contributed by atoms with Crippen molar-refractivity contribution in [1.82, 2.24) is 4.90 Å². The summed E-state index contributed by atoms with van der Waals surface area (Å²) in [6, 6.07) is 9.54. The van der Waals surface area contributed by atoms with Crippen LogP contribution in [0.2, 0.25) is 0 Å². The molecule has 0 aromatic heterocycles. The van der Waals surface area contributed by atoms with Crippen molar-refractivity contribution in [3.8, 4) is 0 Å². The van der Waals surface area contributed by atoms with Crippen molar-refractivity contribution >= 4 is 21.7 Å². The molecular weight excluding hydrogens is 318 g/mol. The molecule has 0 bridgehead atoms. The van der Waals surface area contributed by atoms with Gasteiger partial charge in [-0.25, -0.2) is 8.42 Å². The van der Waals surface area contributed by atoms with Gasteiger partial charge in [0.05, 0.1) is 11.5 Å². The van der Waals surface area contributed by atoms with Crippen molar-refractivity contribution in [2.45, 2.75) is 19.3 Å². The van der Waals surface area contributed by atoms with Gasteiger partial charge in [-0.05, 0) is 24.8 Å². The Morgan fingerprint density at radius 2 is 1.74 bits per heavy atom. The molecule has 1 heterocycles. The van der Waals surface area contributed by atoms with Crippen LogP contribution in [0.3, 0.4) is 0 Å². The molecule has 0 aliphatic carbocycles. The number of aliphatic carboxylic acids is 1. The largest absolute Gasteiger partial charge is 0.480 e. The Kier molecular flexibility index (Phi) is 5.76. The number of carboxylic acid groups (broad SMARTS) is 1. The summed E-state index contributed by atoms with van der Waals surface area (Å²) in [5.74, 6) is -1.70. The first-order valence-electron chi connectivity index (χ1n) is 7.62. The van der Waals surface area contributed by atoms with E-state index in [4.69, 9.17) is 5.11 Å². The first-order valence-corrected chi connectivity index (χ1v) is 9.44. The summed E-state index contributed by atoms with van der Waals surface area (Å²) >= 11 is 0. The average molecular weight is 339 g/mol. The second kappa shape index (κ2) is 7.59. The maximum Gasteiger partial charge on any atom is 0.323 e. The van der Waals surface area contributed by atoms with E-state index in [1.165, 1.54) is 4.90 Å². The SMILES string of the molecule is O=C(O)CN(CCc1ccccc1)C(=O)C1CCS(=O)(=O)CC1. The maximum atomic E-state index is 12.5. The average Bonchev–Trinajstić information content (AvgIpc) is 2.51. The summed E-state index contributed by atoms with van der Waals surface area (Å²) < 4.78 is 22.9. The molecule has 0 spiro atoms. The van der Waals surface area contributed by atoms with Gasteiger partial charge in [0.1, 0.15) is 16.4 Å². The lowest BCUT2D eigenvalue weighted by Gasteiger charge is -2.28. The van der Waals surface area contributed by atoms with E-state index in [9.17, 15) is 18.0 Å². The highest BCUT2D eigenvalue weighted by Gasteiger charge is 2.31. The Bertz CT molecular complexity index is 642. The normalized spacial score (nSPS) is 17.6. The number of benzene rings is 1. The van der Waals surface area contributed by atoms with Gasteiger partial charge in [0, 0.05) is 12.5 Å². The molecule has 1 aromatic rings. The van der Waals surface area contributed by atoms with Crippen LogP contribution in [0, 0.1) is 5.92 Å². The number of sulfone groups is 1. The number of carbonyl (C=O) groups excluding carboxylic acids is 1. The third kappa shape index (κ3) is 5.35. The molecule has 1 fully saturated rings. The molecule has 0 atom stereocenters. The minimum atomic E-state index is -3.04. The fraction of sp³-hybridized carbons (Fsp3) is 0.500. The lowest BCUT2D eigenvalue weighted by Crippen LogP contribution is -2.43. The molecule has 1 aromatic carbocycles. The zero-order chi connectivity index (χ0) is 16.9. The number of carbonyl (C=O) groups is 2. The van der Waals surface area contributed by atoms with E-state index in [-0.39, 0.29) is 36.8 Å². The number of hydrogen-bond acceptors (Lipinski definition) is 4. The Balaban J connectivity index is 1.99. The summed E-state index contributed by atoms with van der Waals surface area (Å²) in [4.78, 5) is 24.9. The zero-order valence-corrected chi connectivity index (χ0v) is 13.7. The molecule has 2 rings (SSSR count). The lowest BCUT2D eigenvalue weighted by molar-refractivity contribution is -0.146. The smallest absolute Gasteiger partial charge is 0.323 e.